The monoisotopic (exact) mass is 620 g/mol. The van der Waals surface area contributed by atoms with E-state index in [2.05, 4.69) is 0 Å². The Hall–Kier alpha value is -5.68. The molecule has 3 aromatic carbocycles. The zero-order valence-electron chi connectivity index (χ0n) is 23.8. The van der Waals surface area contributed by atoms with Crippen molar-refractivity contribution in [1.29, 1.82) is 0 Å². The fourth-order valence-corrected chi connectivity index (χ4v) is 6.31. The summed E-state index contributed by atoms with van der Waals surface area (Å²) in [5.41, 5.74) is 2.47. The number of aromatic nitrogens is 1. The normalized spacial score (nSPS) is 15.5. The highest BCUT2D eigenvalue weighted by atomic mass is 32.1. The maximum atomic E-state index is 14.1. The standard InChI is InChI=1S/C34H24N2O8S/c1-2-41-33(40)28-29(20-6-4-3-5-7-20)35-34-36(30(28)22-12-14-25-26(16-22)43-18-42-25)31(37)27(45-34)17-23-13-15-24(44-23)19-8-10-21(11-9-19)32(38)39/h3-17,30H,2,18H2,1H3,(H,38,39)/b27-17-. The molecule has 2 aromatic heterocycles. The predicted octanol–water partition coefficient (Wildman–Crippen LogP) is 4.62. The minimum Gasteiger partial charge on any atom is -0.478 e. The minimum absolute atomic E-state index is 0.0756. The Kier molecular flexibility index (Phi) is 7.14. The first-order valence-corrected chi connectivity index (χ1v) is 14.8. The summed E-state index contributed by atoms with van der Waals surface area (Å²) in [6, 6.07) is 23.6. The van der Waals surface area contributed by atoms with Gasteiger partial charge < -0.3 is 23.7 Å². The Morgan fingerprint density at radius 1 is 1.00 bits per heavy atom. The first kappa shape index (κ1) is 28.1. The number of aromatic carboxylic acids is 1. The number of carboxylic acid groups (broad SMARTS) is 1. The number of furan rings is 1. The van der Waals surface area contributed by atoms with Gasteiger partial charge in [0.2, 0.25) is 6.79 Å². The molecular weight excluding hydrogens is 596 g/mol. The number of carbonyl (C=O) groups is 2. The molecule has 0 amide bonds. The van der Waals surface area contributed by atoms with Crippen molar-refractivity contribution in [1.82, 2.24) is 4.57 Å². The number of hydrogen-bond acceptors (Lipinski definition) is 9. The summed E-state index contributed by atoms with van der Waals surface area (Å²) in [4.78, 5) is 44.3. The lowest BCUT2D eigenvalue weighted by Crippen LogP contribution is -2.40. The van der Waals surface area contributed by atoms with Crippen LogP contribution in [0.15, 0.2) is 105 Å². The minimum atomic E-state index is -1.02. The summed E-state index contributed by atoms with van der Waals surface area (Å²) in [7, 11) is 0. The van der Waals surface area contributed by atoms with E-state index in [1.165, 1.54) is 28.0 Å². The number of benzene rings is 3. The van der Waals surface area contributed by atoms with Gasteiger partial charge in [0.25, 0.3) is 5.56 Å². The van der Waals surface area contributed by atoms with E-state index in [9.17, 15) is 19.5 Å². The number of hydrogen-bond donors (Lipinski definition) is 1. The maximum absolute atomic E-state index is 14.1. The van der Waals surface area contributed by atoms with Crippen LogP contribution in [0.1, 0.15) is 40.2 Å². The van der Waals surface area contributed by atoms with Crippen LogP contribution in [-0.2, 0) is 9.53 Å². The van der Waals surface area contributed by atoms with Crippen molar-refractivity contribution in [3.63, 3.8) is 0 Å². The van der Waals surface area contributed by atoms with Crippen LogP contribution in [0, 0.1) is 0 Å². The number of nitrogens with zero attached hydrogens (tertiary/aromatic N) is 2. The highest BCUT2D eigenvalue weighted by Gasteiger charge is 2.36. The molecule has 0 saturated heterocycles. The largest absolute Gasteiger partial charge is 0.478 e. The van der Waals surface area contributed by atoms with Gasteiger partial charge in [-0.3, -0.25) is 9.36 Å². The molecule has 1 atom stereocenters. The fourth-order valence-electron chi connectivity index (χ4n) is 5.33. The van der Waals surface area contributed by atoms with Gasteiger partial charge in [-0.25, -0.2) is 14.6 Å². The Bertz CT molecular complexity index is 2180. The number of ether oxygens (including phenoxy) is 3. The molecule has 0 aliphatic carbocycles. The molecule has 0 radical (unpaired) electrons. The van der Waals surface area contributed by atoms with Crippen LogP contribution in [0.5, 0.6) is 11.5 Å². The molecule has 224 valence electrons. The number of carboxylic acids is 1. The van der Waals surface area contributed by atoms with E-state index < -0.39 is 18.0 Å². The van der Waals surface area contributed by atoms with Crippen molar-refractivity contribution in [2.24, 2.45) is 4.99 Å². The van der Waals surface area contributed by atoms with Crippen LogP contribution in [0.25, 0.3) is 23.1 Å². The van der Waals surface area contributed by atoms with Crippen molar-refractivity contribution in [2.75, 3.05) is 13.4 Å². The lowest BCUT2D eigenvalue weighted by molar-refractivity contribution is -0.138. The Labute approximate surface area is 259 Å². The number of fused-ring (bicyclic) bond motifs is 2. The molecule has 0 spiro atoms. The molecule has 2 aliphatic rings. The number of thiazole rings is 1. The van der Waals surface area contributed by atoms with Crippen LogP contribution < -0.4 is 24.4 Å². The maximum Gasteiger partial charge on any atom is 0.338 e. The second kappa shape index (κ2) is 11.4. The second-order valence-electron chi connectivity index (χ2n) is 10.1. The van der Waals surface area contributed by atoms with Crippen LogP contribution >= 0.6 is 11.3 Å². The lowest BCUT2D eigenvalue weighted by Gasteiger charge is -2.26. The molecule has 0 bridgehead atoms. The first-order valence-electron chi connectivity index (χ1n) is 14.0. The van der Waals surface area contributed by atoms with Gasteiger partial charge in [0.05, 0.1) is 34.0 Å². The highest BCUT2D eigenvalue weighted by molar-refractivity contribution is 7.07. The van der Waals surface area contributed by atoms with Gasteiger partial charge in [0.1, 0.15) is 11.5 Å². The topological polar surface area (TPSA) is 130 Å². The summed E-state index contributed by atoms with van der Waals surface area (Å²) < 4.78 is 24.5. The molecule has 45 heavy (non-hydrogen) atoms. The molecule has 5 aromatic rings. The zero-order valence-corrected chi connectivity index (χ0v) is 24.6. The van der Waals surface area contributed by atoms with Crippen molar-refractivity contribution in [2.45, 2.75) is 13.0 Å². The van der Waals surface area contributed by atoms with E-state index in [4.69, 9.17) is 23.6 Å². The fraction of sp³-hybridized carbons (Fsp3) is 0.118. The summed E-state index contributed by atoms with van der Waals surface area (Å²) >= 11 is 1.18. The third-order valence-electron chi connectivity index (χ3n) is 7.40. The van der Waals surface area contributed by atoms with Gasteiger partial charge in [-0.2, -0.15) is 0 Å². The molecule has 4 heterocycles. The van der Waals surface area contributed by atoms with E-state index >= 15 is 0 Å². The van der Waals surface area contributed by atoms with Gasteiger partial charge in [-0.05, 0) is 48.9 Å². The summed E-state index contributed by atoms with van der Waals surface area (Å²) in [5.74, 6) is 0.419. The average molecular weight is 621 g/mol. The van der Waals surface area contributed by atoms with Crippen molar-refractivity contribution in [3.8, 4) is 22.8 Å². The summed E-state index contributed by atoms with van der Waals surface area (Å²) in [6.07, 6.45) is 1.63. The van der Waals surface area contributed by atoms with E-state index in [0.717, 1.165) is 0 Å². The van der Waals surface area contributed by atoms with Gasteiger partial charge in [0.15, 0.2) is 16.3 Å². The zero-order chi connectivity index (χ0) is 31.1. The molecule has 2 aliphatic heterocycles. The van der Waals surface area contributed by atoms with Crippen LogP contribution in [0.2, 0.25) is 0 Å². The smallest absolute Gasteiger partial charge is 0.338 e. The SMILES string of the molecule is CCOC(=O)C1=C(c2ccccc2)N=c2s/c(=C\c3ccc(-c4ccc(C(=O)O)cc4)o3)c(=O)n2C1c1ccc2c(c1)OCO2. The van der Waals surface area contributed by atoms with Gasteiger partial charge in [-0.15, -0.1) is 0 Å². The average Bonchev–Trinajstić information content (AvgIpc) is 3.80. The number of carbonyl (C=O) groups excluding carboxylic acids is 1. The molecule has 11 heteroatoms. The Morgan fingerprint density at radius 3 is 2.53 bits per heavy atom. The lowest BCUT2D eigenvalue weighted by atomic mass is 9.93. The molecule has 0 fully saturated rings. The highest BCUT2D eigenvalue weighted by Crippen LogP contribution is 2.40. The van der Waals surface area contributed by atoms with Crippen molar-refractivity contribution < 1.29 is 33.3 Å². The van der Waals surface area contributed by atoms with Crippen molar-refractivity contribution in [3.05, 3.63) is 133 Å². The third-order valence-corrected chi connectivity index (χ3v) is 8.39. The molecule has 1 unspecified atom stereocenters. The third kappa shape index (κ3) is 5.12. The van der Waals surface area contributed by atoms with E-state index in [1.54, 1.807) is 55.5 Å². The summed E-state index contributed by atoms with van der Waals surface area (Å²) in [5, 5.41) is 9.19. The molecule has 7 rings (SSSR count). The summed E-state index contributed by atoms with van der Waals surface area (Å²) in [6.45, 7) is 1.94. The van der Waals surface area contributed by atoms with E-state index in [0.29, 0.717) is 54.7 Å². The van der Waals surface area contributed by atoms with Gasteiger partial charge >= 0.3 is 11.9 Å². The van der Waals surface area contributed by atoms with Crippen LogP contribution in [0.4, 0.5) is 0 Å². The second-order valence-corrected chi connectivity index (χ2v) is 11.1. The van der Waals surface area contributed by atoms with Crippen molar-refractivity contribution >= 4 is 35.0 Å². The van der Waals surface area contributed by atoms with Gasteiger partial charge in [-0.1, -0.05) is 59.9 Å². The van der Waals surface area contributed by atoms with Gasteiger partial charge in [0, 0.05) is 17.2 Å². The predicted molar refractivity (Wildman–Crippen MR) is 165 cm³/mol. The van der Waals surface area contributed by atoms with E-state index in [-0.39, 0.29) is 30.1 Å². The Morgan fingerprint density at radius 2 is 1.78 bits per heavy atom. The molecular formula is C34H24N2O8S. The van der Waals surface area contributed by atoms with E-state index in [1.807, 2.05) is 30.3 Å². The molecule has 1 N–H and O–H groups in total. The first-order chi connectivity index (χ1) is 21.9. The van der Waals surface area contributed by atoms with Crippen LogP contribution in [0.3, 0.4) is 0 Å². The van der Waals surface area contributed by atoms with Crippen LogP contribution in [-0.4, -0.2) is 35.0 Å². The quantitative estimate of drug-likeness (QED) is 0.261. The Balaban J connectivity index is 1.40. The number of rotatable bonds is 7. The molecule has 0 saturated carbocycles. The number of esters is 1. The molecule has 10 nitrogen and oxygen atoms in total.